The lowest BCUT2D eigenvalue weighted by atomic mass is 10.1. The highest BCUT2D eigenvalue weighted by Crippen LogP contribution is 2.22. The average molecular weight is 221 g/mol. The van der Waals surface area contributed by atoms with Gasteiger partial charge in [0.25, 0.3) is 0 Å². The Hall–Kier alpha value is -1.61. The van der Waals surface area contributed by atoms with Gasteiger partial charge in [-0.2, -0.15) is 5.10 Å². The first-order chi connectivity index (χ1) is 7.20. The van der Waals surface area contributed by atoms with Crippen molar-refractivity contribution >= 4 is 17.9 Å². The van der Waals surface area contributed by atoms with E-state index in [1.54, 1.807) is 30.1 Å². The number of carbonyl (C=O) groups is 1. The molecule has 0 radical (unpaired) electrons. The first kappa shape index (κ1) is 9.93. The Kier molecular flexibility index (Phi) is 2.56. The largest absolute Gasteiger partial charge is 0.298 e. The van der Waals surface area contributed by atoms with Crippen LogP contribution >= 0.6 is 11.6 Å². The van der Waals surface area contributed by atoms with Crippen molar-refractivity contribution in [3.8, 4) is 11.3 Å². The van der Waals surface area contributed by atoms with Crippen molar-refractivity contribution in [1.82, 2.24) is 9.78 Å². The van der Waals surface area contributed by atoms with Crippen LogP contribution in [-0.4, -0.2) is 16.1 Å². The first-order valence-corrected chi connectivity index (χ1v) is 4.83. The van der Waals surface area contributed by atoms with Gasteiger partial charge in [-0.1, -0.05) is 23.7 Å². The van der Waals surface area contributed by atoms with Crippen molar-refractivity contribution in [2.24, 2.45) is 7.05 Å². The maximum Gasteiger partial charge on any atom is 0.153 e. The van der Waals surface area contributed by atoms with Crippen LogP contribution in [-0.2, 0) is 7.05 Å². The van der Waals surface area contributed by atoms with Gasteiger partial charge in [-0.05, 0) is 12.1 Å². The lowest BCUT2D eigenvalue weighted by molar-refractivity contribution is 0.112. The van der Waals surface area contributed by atoms with E-state index in [0.717, 1.165) is 11.8 Å². The third-order valence-corrected chi connectivity index (χ3v) is 2.35. The molecule has 0 bridgehead atoms. The van der Waals surface area contributed by atoms with Gasteiger partial charge in [-0.25, -0.2) is 0 Å². The van der Waals surface area contributed by atoms with Crippen molar-refractivity contribution in [2.45, 2.75) is 0 Å². The molecule has 15 heavy (non-hydrogen) atoms. The minimum Gasteiger partial charge on any atom is -0.298 e. The number of aromatic nitrogens is 2. The molecule has 2 rings (SSSR count). The molecule has 0 amide bonds. The summed E-state index contributed by atoms with van der Waals surface area (Å²) < 4.78 is 1.62. The monoisotopic (exact) mass is 220 g/mol. The van der Waals surface area contributed by atoms with Crippen LogP contribution in [0.4, 0.5) is 0 Å². The highest BCUT2D eigenvalue weighted by molar-refractivity contribution is 6.30. The van der Waals surface area contributed by atoms with Gasteiger partial charge < -0.3 is 0 Å². The van der Waals surface area contributed by atoms with Crippen LogP contribution < -0.4 is 0 Å². The minimum atomic E-state index is 0.583. The molecule has 76 valence electrons. The topological polar surface area (TPSA) is 34.9 Å². The molecule has 0 atom stereocenters. The zero-order valence-corrected chi connectivity index (χ0v) is 8.90. The van der Waals surface area contributed by atoms with Crippen molar-refractivity contribution in [3.05, 3.63) is 41.0 Å². The molecular weight excluding hydrogens is 212 g/mol. The number of halogens is 1. The van der Waals surface area contributed by atoms with E-state index in [1.807, 2.05) is 12.1 Å². The summed E-state index contributed by atoms with van der Waals surface area (Å²) in [5.41, 5.74) is 2.16. The normalized spacial score (nSPS) is 10.3. The van der Waals surface area contributed by atoms with Gasteiger partial charge in [0.2, 0.25) is 0 Å². The molecule has 1 heterocycles. The Balaban J connectivity index is 2.52. The summed E-state index contributed by atoms with van der Waals surface area (Å²) >= 11 is 5.78. The number of carbonyl (C=O) groups excluding carboxylic acids is 1. The lowest BCUT2D eigenvalue weighted by Gasteiger charge is -1.97. The Morgan fingerprint density at radius 3 is 2.60 bits per heavy atom. The number of aldehydes is 1. The molecule has 0 saturated heterocycles. The number of benzene rings is 1. The summed E-state index contributed by atoms with van der Waals surface area (Å²) in [4.78, 5) is 10.8. The predicted octanol–water partition coefficient (Wildman–Crippen LogP) is 2.55. The standard InChI is InChI=1S/C11H9ClN2O/c1-14-6-9(7-15)11(13-14)8-2-4-10(12)5-3-8/h2-7H,1H3. The molecule has 0 fully saturated rings. The number of aryl methyl sites for hydroxylation is 1. The Labute approximate surface area is 92.3 Å². The summed E-state index contributed by atoms with van der Waals surface area (Å²) in [5.74, 6) is 0. The smallest absolute Gasteiger partial charge is 0.153 e. The molecular formula is C11H9ClN2O. The first-order valence-electron chi connectivity index (χ1n) is 4.45. The summed E-state index contributed by atoms with van der Waals surface area (Å²) in [5, 5.41) is 4.89. The maximum absolute atomic E-state index is 10.8. The quantitative estimate of drug-likeness (QED) is 0.729. The zero-order chi connectivity index (χ0) is 10.8. The third kappa shape index (κ3) is 1.92. The fourth-order valence-electron chi connectivity index (χ4n) is 1.43. The van der Waals surface area contributed by atoms with E-state index in [2.05, 4.69) is 5.10 Å². The van der Waals surface area contributed by atoms with Crippen LogP contribution in [0.15, 0.2) is 30.5 Å². The molecule has 0 aliphatic carbocycles. The minimum absolute atomic E-state index is 0.583. The van der Waals surface area contributed by atoms with Gasteiger partial charge in [0.15, 0.2) is 6.29 Å². The van der Waals surface area contributed by atoms with Crippen molar-refractivity contribution in [1.29, 1.82) is 0 Å². The second kappa shape index (κ2) is 3.87. The van der Waals surface area contributed by atoms with Crippen molar-refractivity contribution in [3.63, 3.8) is 0 Å². The molecule has 0 aliphatic heterocycles. The highest BCUT2D eigenvalue weighted by Gasteiger charge is 2.08. The van der Waals surface area contributed by atoms with Crippen LogP contribution in [0.2, 0.25) is 5.02 Å². The molecule has 0 N–H and O–H groups in total. The second-order valence-electron chi connectivity index (χ2n) is 3.23. The van der Waals surface area contributed by atoms with E-state index in [1.165, 1.54) is 0 Å². The molecule has 1 aromatic carbocycles. The van der Waals surface area contributed by atoms with Crippen LogP contribution in [0.25, 0.3) is 11.3 Å². The summed E-state index contributed by atoms with van der Waals surface area (Å²) in [6.45, 7) is 0. The molecule has 0 spiro atoms. The van der Waals surface area contributed by atoms with Gasteiger partial charge >= 0.3 is 0 Å². The molecule has 0 saturated carbocycles. The maximum atomic E-state index is 10.8. The Bertz CT molecular complexity index is 488. The number of nitrogens with zero attached hydrogens (tertiary/aromatic N) is 2. The molecule has 4 heteroatoms. The molecule has 1 aromatic heterocycles. The number of hydrogen-bond donors (Lipinski definition) is 0. The summed E-state index contributed by atoms with van der Waals surface area (Å²) in [6, 6.07) is 7.25. The number of hydrogen-bond acceptors (Lipinski definition) is 2. The molecule has 2 aromatic rings. The zero-order valence-electron chi connectivity index (χ0n) is 8.14. The van der Waals surface area contributed by atoms with Crippen molar-refractivity contribution < 1.29 is 4.79 Å². The van der Waals surface area contributed by atoms with E-state index in [0.29, 0.717) is 16.3 Å². The van der Waals surface area contributed by atoms with Crippen LogP contribution in [0.5, 0.6) is 0 Å². The Morgan fingerprint density at radius 1 is 1.33 bits per heavy atom. The van der Waals surface area contributed by atoms with Crippen LogP contribution in [0, 0.1) is 0 Å². The van der Waals surface area contributed by atoms with Gasteiger partial charge in [0.05, 0.1) is 5.56 Å². The van der Waals surface area contributed by atoms with Gasteiger partial charge in [0.1, 0.15) is 5.69 Å². The predicted molar refractivity (Wildman–Crippen MR) is 59.0 cm³/mol. The van der Waals surface area contributed by atoms with Gasteiger partial charge in [-0.3, -0.25) is 9.48 Å². The average Bonchev–Trinajstić information content (AvgIpc) is 2.61. The lowest BCUT2D eigenvalue weighted by Crippen LogP contribution is -1.87. The molecule has 3 nitrogen and oxygen atoms in total. The molecule has 0 aliphatic rings. The summed E-state index contributed by atoms with van der Waals surface area (Å²) in [7, 11) is 1.78. The highest BCUT2D eigenvalue weighted by atomic mass is 35.5. The van der Waals surface area contributed by atoms with E-state index in [9.17, 15) is 4.79 Å². The third-order valence-electron chi connectivity index (χ3n) is 2.10. The Morgan fingerprint density at radius 2 is 2.00 bits per heavy atom. The van der Waals surface area contributed by atoms with Crippen LogP contribution in [0.1, 0.15) is 10.4 Å². The van der Waals surface area contributed by atoms with Gasteiger partial charge in [0, 0.05) is 23.8 Å². The SMILES string of the molecule is Cn1cc(C=O)c(-c2ccc(Cl)cc2)n1. The van der Waals surface area contributed by atoms with E-state index < -0.39 is 0 Å². The van der Waals surface area contributed by atoms with E-state index in [4.69, 9.17) is 11.6 Å². The number of rotatable bonds is 2. The molecule has 0 unspecified atom stereocenters. The van der Waals surface area contributed by atoms with E-state index >= 15 is 0 Å². The fraction of sp³-hybridized carbons (Fsp3) is 0.0909. The van der Waals surface area contributed by atoms with Crippen molar-refractivity contribution in [2.75, 3.05) is 0 Å². The van der Waals surface area contributed by atoms with Crippen LogP contribution in [0.3, 0.4) is 0 Å². The van der Waals surface area contributed by atoms with E-state index in [-0.39, 0.29) is 0 Å². The fourth-order valence-corrected chi connectivity index (χ4v) is 1.55. The summed E-state index contributed by atoms with van der Waals surface area (Å²) in [6.07, 6.45) is 2.49. The van der Waals surface area contributed by atoms with Gasteiger partial charge in [-0.15, -0.1) is 0 Å². The second-order valence-corrected chi connectivity index (χ2v) is 3.67.